The smallest absolute Gasteiger partial charge is 0.407 e. The summed E-state index contributed by atoms with van der Waals surface area (Å²) in [5.41, 5.74) is 5.95. The molecule has 2 aliphatic carbocycles. The van der Waals surface area contributed by atoms with Crippen LogP contribution in [0.4, 0.5) is 9.59 Å². The van der Waals surface area contributed by atoms with Crippen LogP contribution < -0.4 is 10.6 Å². The van der Waals surface area contributed by atoms with Crippen molar-refractivity contribution in [3.8, 4) is 33.6 Å². The van der Waals surface area contributed by atoms with Crippen molar-refractivity contribution in [3.05, 3.63) is 84.7 Å². The zero-order valence-corrected chi connectivity index (χ0v) is 35.9. The Kier molecular flexibility index (Phi) is 11.5. The molecule has 4 aliphatic rings. The first-order valence-electron chi connectivity index (χ1n) is 22.1. The summed E-state index contributed by atoms with van der Waals surface area (Å²) in [6.45, 7) is 5.51. The monoisotopic (exact) mass is 840 g/mol. The highest BCUT2D eigenvalue weighted by Gasteiger charge is 2.44. The number of H-pyrrole nitrogens is 2. The maximum Gasteiger partial charge on any atom is 0.407 e. The molecule has 324 valence electrons. The van der Waals surface area contributed by atoms with Crippen LogP contribution in [0.25, 0.3) is 44.4 Å². The number of hydrogen-bond acceptors (Lipinski definition) is 8. The lowest BCUT2D eigenvalue weighted by atomic mass is 9.79. The van der Waals surface area contributed by atoms with E-state index in [1.165, 1.54) is 14.2 Å². The van der Waals surface area contributed by atoms with Crippen molar-refractivity contribution in [1.29, 1.82) is 0 Å². The molecule has 0 spiro atoms. The second-order valence-corrected chi connectivity index (χ2v) is 18.0. The molecule has 0 radical (unpaired) electrons. The Bertz CT molecular complexity index is 2450. The van der Waals surface area contributed by atoms with Crippen LogP contribution in [0.1, 0.15) is 88.9 Å². The van der Waals surface area contributed by atoms with E-state index in [-0.39, 0.29) is 35.7 Å². The third-order valence-corrected chi connectivity index (χ3v) is 13.8. The second kappa shape index (κ2) is 17.3. The Morgan fingerprint density at radius 1 is 0.613 bits per heavy atom. The minimum atomic E-state index is -0.599. The summed E-state index contributed by atoms with van der Waals surface area (Å²) < 4.78 is 9.72. The molecule has 2 saturated heterocycles. The van der Waals surface area contributed by atoms with E-state index in [1.807, 2.05) is 22.2 Å². The first-order chi connectivity index (χ1) is 30.1. The van der Waals surface area contributed by atoms with Crippen LogP contribution in [0, 0.1) is 23.7 Å². The number of hydrogen-bond donors (Lipinski definition) is 4. The summed E-state index contributed by atoms with van der Waals surface area (Å²) in [4.78, 5) is 72.6. The van der Waals surface area contributed by atoms with Gasteiger partial charge in [0.2, 0.25) is 11.8 Å². The van der Waals surface area contributed by atoms with Crippen molar-refractivity contribution < 1.29 is 28.7 Å². The minimum absolute atomic E-state index is 0.0699. The van der Waals surface area contributed by atoms with E-state index in [1.54, 1.807) is 0 Å². The van der Waals surface area contributed by atoms with Gasteiger partial charge < -0.3 is 39.9 Å². The van der Waals surface area contributed by atoms with Crippen molar-refractivity contribution in [2.75, 3.05) is 27.3 Å². The van der Waals surface area contributed by atoms with Gasteiger partial charge in [-0.15, -0.1) is 0 Å². The molecule has 6 atom stereocenters. The SMILES string of the molecule is COC(=O)NC(C(=O)N1CC(C)CC1c1ncc(-c2ccc3cc(-c4ccc(-c5cnc(C6CC(C)CN6C(=O)[C@@H](NC(=O)OC)C6CCC6)[nH]5)cc4)ccc3c2)[nH]1)C1CCC1. The Hall–Kier alpha value is -6.18. The standard InChI is InChI=1S/C48H56N8O6/c1-27-19-39(55(25-27)45(57)41(31-7-5-8-31)53-47(59)61-3)43-49-23-37(51-43)30-13-11-29(12-14-30)33-15-16-35-22-36(18-17-34(35)21-33)38-24-50-44(52-38)40-20-28(2)26-56(40)46(58)42(32-9-6-10-32)54-48(60)62-4/h11-18,21-24,27-28,31-32,39-42H,5-10,19-20,25-26H2,1-4H3,(H,49,51)(H,50,52)(H,53,59)(H,54,60)/t27?,28?,39?,40?,41-,42?/m0/s1. The fraction of sp³-hybridized carbons (Fsp3) is 0.458. The predicted octanol–water partition coefficient (Wildman–Crippen LogP) is 8.16. The lowest BCUT2D eigenvalue weighted by Crippen LogP contribution is -2.53. The number of aromatic amines is 2. The molecule has 4 N–H and O–H groups in total. The number of aromatic nitrogens is 4. The first kappa shape index (κ1) is 41.2. The summed E-state index contributed by atoms with van der Waals surface area (Å²) in [7, 11) is 2.65. The van der Waals surface area contributed by atoms with Gasteiger partial charge >= 0.3 is 12.2 Å². The van der Waals surface area contributed by atoms with Crippen LogP contribution in [0.3, 0.4) is 0 Å². The van der Waals surface area contributed by atoms with Crippen molar-refractivity contribution in [2.24, 2.45) is 23.7 Å². The van der Waals surface area contributed by atoms with E-state index in [4.69, 9.17) is 19.4 Å². The van der Waals surface area contributed by atoms with Gasteiger partial charge in [-0.2, -0.15) is 0 Å². The topological polar surface area (TPSA) is 175 Å². The number of carbonyl (C=O) groups is 4. The highest BCUT2D eigenvalue weighted by atomic mass is 16.5. The number of methoxy groups -OCH3 is 2. The number of alkyl carbamates (subject to hydrolysis) is 2. The molecule has 4 amide bonds. The minimum Gasteiger partial charge on any atom is -0.453 e. The Balaban J connectivity index is 0.875. The maximum absolute atomic E-state index is 13.9. The van der Waals surface area contributed by atoms with Crippen LogP contribution in [0.5, 0.6) is 0 Å². The molecule has 2 saturated carbocycles. The molecule has 4 heterocycles. The number of rotatable bonds is 11. The van der Waals surface area contributed by atoms with Gasteiger partial charge in [-0.05, 0) is 102 Å². The van der Waals surface area contributed by atoms with E-state index in [9.17, 15) is 19.2 Å². The molecular weight excluding hydrogens is 785 g/mol. The zero-order valence-electron chi connectivity index (χ0n) is 35.9. The lowest BCUT2D eigenvalue weighted by molar-refractivity contribution is -0.137. The normalized spacial score (nSPS) is 22.5. The summed E-state index contributed by atoms with van der Waals surface area (Å²) in [5, 5.41) is 7.85. The van der Waals surface area contributed by atoms with Crippen LogP contribution in [-0.4, -0.2) is 93.1 Å². The fourth-order valence-electron chi connectivity index (χ4n) is 9.88. The highest BCUT2D eigenvalue weighted by molar-refractivity contribution is 5.91. The van der Waals surface area contributed by atoms with Crippen LogP contribution in [-0.2, 0) is 19.1 Å². The third kappa shape index (κ3) is 8.14. The van der Waals surface area contributed by atoms with E-state index in [0.717, 1.165) is 107 Å². The van der Waals surface area contributed by atoms with E-state index in [0.29, 0.717) is 24.9 Å². The third-order valence-electron chi connectivity index (χ3n) is 13.8. The molecule has 5 unspecified atom stereocenters. The molecule has 5 aromatic rings. The van der Waals surface area contributed by atoms with Crippen LogP contribution >= 0.6 is 0 Å². The average molecular weight is 841 g/mol. The Morgan fingerprint density at radius 3 is 1.48 bits per heavy atom. The largest absolute Gasteiger partial charge is 0.453 e. The Morgan fingerprint density at radius 2 is 1.03 bits per heavy atom. The molecular formula is C48H56N8O6. The van der Waals surface area contributed by atoms with Gasteiger partial charge in [0.1, 0.15) is 23.7 Å². The summed E-state index contributed by atoms with van der Waals surface area (Å²) in [6.07, 6.45) is 9.87. The number of nitrogens with zero attached hydrogens (tertiary/aromatic N) is 4. The Labute approximate surface area is 361 Å². The zero-order chi connectivity index (χ0) is 43.1. The number of nitrogens with one attached hydrogen (secondary N) is 4. The molecule has 2 aromatic heterocycles. The number of carbonyl (C=O) groups excluding carboxylic acids is 4. The van der Waals surface area contributed by atoms with Gasteiger partial charge in [0, 0.05) is 18.7 Å². The summed E-state index contributed by atoms with van der Waals surface area (Å²) >= 11 is 0. The molecule has 0 bridgehead atoms. The molecule has 14 heteroatoms. The number of likely N-dealkylation sites (tertiary alicyclic amines) is 2. The first-order valence-corrected chi connectivity index (χ1v) is 22.1. The number of amides is 4. The molecule has 62 heavy (non-hydrogen) atoms. The highest BCUT2D eigenvalue weighted by Crippen LogP contribution is 2.40. The van der Waals surface area contributed by atoms with E-state index < -0.39 is 24.3 Å². The van der Waals surface area contributed by atoms with Gasteiger partial charge in [0.05, 0.1) is 50.1 Å². The van der Waals surface area contributed by atoms with Crippen LogP contribution in [0.2, 0.25) is 0 Å². The number of benzene rings is 3. The average Bonchev–Trinajstić information content (AvgIpc) is 4.08. The van der Waals surface area contributed by atoms with E-state index >= 15 is 0 Å². The number of imidazole rings is 2. The van der Waals surface area contributed by atoms with Crippen molar-refractivity contribution in [1.82, 2.24) is 40.4 Å². The number of ether oxygens (including phenoxy) is 2. The van der Waals surface area contributed by atoms with Gasteiger partial charge in [-0.3, -0.25) is 9.59 Å². The summed E-state index contributed by atoms with van der Waals surface area (Å²) in [6, 6.07) is 19.7. The van der Waals surface area contributed by atoms with Gasteiger partial charge in [0.15, 0.2) is 0 Å². The molecule has 3 aromatic carbocycles. The van der Waals surface area contributed by atoms with Crippen molar-refractivity contribution in [3.63, 3.8) is 0 Å². The van der Waals surface area contributed by atoms with Gasteiger partial charge in [-0.25, -0.2) is 19.6 Å². The molecule has 4 fully saturated rings. The molecule has 2 aliphatic heterocycles. The van der Waals surface area contributed by atoms with Crippen LogP contribution in [0.15, 0.2) is 73.1 Å². The van der Waals surface area contributed by atoms with Gasteiger partial charge in [-0.1, -0.05) is 75.2 Å². The van der Waals surface area contributed by atoms with Gasteiger partial charge in [0.25, 0.3) is 0 Å². The second-order valence-electron chi connectivity index (χ2n) is 18.0. The lowest BCUT2D eigenvalue weighted by Gasteiger charge is -2.36. The quantitative estimate of drug-likeness (QED) is 0.103. The molecule has 9 rings (SSSR count). The van der Waals surface area contributed by atoms with E-state index in [2.05, 4.69) is 95.1 Å². The van der Waals surface area contributed by atoms with Crippen molar-refractivity contribution in [2.45, 2.75) is 89.4 Å². The molecule has 14 nitrogen and oxygen atoms in total. The number of fused-ring (bicyclic) bond motifs is 1. The maximum atomic E-state index is 13.9. The fourth-order valence-corrected chi connectivity index (χ4v) is 9.88. The summed E-state index contributed by atoms with van der Waals surface area (Å²) in [5.74, 6) is 2.20. The van der Waals surface area contributed by atoms with Crippen molar-refractivity contribution >= 4 is 34.8 Å². The predicted molar refractivity (Wildman–Crippen MR) is 234 cm³/mol.